The Morgan fingerprint density at radius 2 is 2.05 bits per heavy atom. The first-order valence-electron chi connectivity index (χ1n) is 7.01. The largest absolute Gasteiger partial charge is 0.367 e. The highest BCUT2D eigenvalue weighted by Crippen LogP contribution is 2.38. The van der Waals surface area contributed by atoms with Gasteiger partial charge in [-0.15, -0.1) is 11.8 Å². The van der Waals surface area contributed by atoms with Crippen molar-refractivity contribution in [2.45, 2.75) is 57.1 Å². The molecular formula is C17H24OS. The molecule has 1 atom stereocenters. The highest BCUT2D eigenvalue weighted by molar-refractivity contribution is 7.99. The van der Waals surface area contributed by atoms with Crippen LogP contribution in [0.5, 0.6) is 0 Å². The maximum atomic E-state index is 5.61. The average molecular weight is 276 g/mol. The molecule has 0 radical (unpaired) electrons. The molecule has 1 fully saturated rings. The van der Waals surface area contributed by atoms with Crippen molar-refractivity contribution in [3.8, 4) is 0 Å². The molecule has 2 rings (SSSR count). The number of aryl methyl sites for hydroxylation is 1. The summed E-state index contributed by atoms with van der Waals surface area (Å²) in [7, 11) is 0. The number of hydrogen-bond donors (Lipinski definition) is 0. The molecule has 0 N–H and O–H groups in total. The fraction of sp³-hybridized carbons (Fsp3) is 0.529. The fourth-order valence-electron chi connectivity index (χ4n) is 2.19. The highest BCUT2D eigenvalue weighted by Gasteiger charge is 2.46. The third-order valence-corrected chi connectivity index (χ3v) is 4.83. The molecule has 1 nitrogen and oxygen atoms in total. The number of benzene rings is 1. The van der Waals surface area contributed by atoms with Crippen LogP contribution in [0.4, 0.5) is 0 Å². The zero-order valence-corrected chi connectivity index (χ0v) is 13.2. The third kappa shape index (κ3) is 4.39. The van der Waals surface area contributed by atoms with E-state index in [9.17, 15) is 0 Å². The van der Waals surface area contributed by atoms with Gasteiger partial charge >= 0.3 is 0 Å². The summed E-state index contributed by atoms with van der Waals surface area (Å²) in [5, 5.41) is 0. The van der Waals surface area contributed by atoms with Gasteiger partial charge in [0.2, 0.25) is 0 Å². The van der Waals surface area contributed by atoms with Gasteiger partial charge in [0.1, 0.15) is 0 Å². The van der Waals surface area contributed by atoms with E-state index in [0.29, 0.717) is 6.10 Å². The average Bonchev–Trinajstić information content (AvgIpc) is 2.97. The maximum absolute atomic E-state index is 5.61. The predicted octanol–water partition coefficient (Wildman–Crippen LogP) is 4.99. The monoisotopic (exact) mass is 276 g/mol. The van der Waals surface area contributed by atoms with Gasteiger partial charge in [0.25, 0.3) is 0 Å². The van der Waals surface area contributed by atoms with Crippen LogP contribution in [0.3, 0.4) is 0 Å². The van der Waals surface area contributed by atoms with Crippen LogP contribution in [-0.2, 0) is 4.74 Å². The molecule has 0 spiro atoms. The Morgan fingerprint density at radius 3 is 2.68 bits per heavy atom. The molecule has 1 aromatic carbocycles. The zero-order chi connectivity index (χ0) is 13.9. The quantitative estimate of drug-likeness (QED) is 0.412. The molecule has 1 aliphatic heterocycles. The van der Waals surface area contributed by atoms with E-state index in [1.807, 2.05) is 11.8 Å². The first-order valence-corrected chi connectivity index (χ1v) is 7.99. The van der Waals surface area contributed by atoms with Crippen molar-refractivity contribution in [2.24, 2.45) is 0 Å². The molecule has 0 aliphatic carbocycles. The second kappa shape index (κ2) is 6.15. The van der Waals surface area contributed by atoms with Crippen molar-refractivity contribution in [2.75, 3.05) is 5.75 Å². The number of hydrogen-bond acceptors (Lipinski definition) is 2. The lowest BCUT2D eigenvalue weighted by molar-refractivity contribution is 0.320. The Balaban J connectivity index is 1.72. The number of rotatable bonds is 6. The standard InChI is InChI=1S/C17H24OS/c1-13(9-10-16-17(3,4)18-16)11-12-19-15-8-6-5-7-14(15)2/h5-8,11,16H,9-10,12H2,1-4H3/b13-11+. The predicted molar refractivity (Wildman–Crippen MR) is 83.8 cm³/mol. The lowest BCUT2D eigenvalue weighted by atomic mass is 10.0. The summed E-state index contributed by atoms with van der Waals surface area (Å²) in [6, 6.07) is 8.57. The van der Waals surface area contributed by atoms with E-state index in [2.05, 4.69) is 58.0 Å². The molecule has 1 heterocycles. The van der Waals surface area contributed by atoms with Crippen LogP contribution < -0.4 is 0 Å². The third-order valence-electron chi connectivity index (χ3n) is 3.73. The second-order valence-corrected chi connectivity index (χ2v) is 6.94. The van der Waals surface area contributed by atoms with Crippen LogP contribution in [0.15, 0.2) is 40.8 Å². The van der Waals surface area contributed by atoms with E-state index >= 15 is 0 Å². The van der Waals surface area contributed by atoms with Gasteiger partial charge in [-0.25, -0.2) is 0 Å². The van der Waals surface area contributed by atoms with Gasteiger partial charge < -0.3 is 4.74 Å². The zero-order valence-electron chi connectivity index (χ0n) is 12.4. The van der Waals surface area contributed by atoms with Crippen molar-refractivity contribution in [1.29, 1.82) is 0 Å². The minimum absolute atomic E-state index is 0.135. The summed E-state index contributed by atoms with van der Waals surface area (Å²) in [5.74, 6) is 1.06. The first-order chi connectivity index (χ1) is 8.99. The molecule has 0 bridgehead atoms. The van der Waals surface area contributed by atoms with Gasteiger partial charge in [0, 0.05) is 10.6 Å². The van der Waals surface area contributed by atoms with Crippen molar-refractivity contribution < 1.29 is 4.74 Å². The van der Waals surface area contributed by atoms with Gasteiger partial charge in [-0.05, 0) is 52.2 Å². The van der Waals surface area contributed by atoms with Gasteiger partial charge in [-0.1, -0.05) is 29.8 Å². The molecule has 1 unspecified atom stereocenters. The Kier molecular flexibility index (Phi) is 4.75. The molecule has 19 heavy (non-hydrogen) atoms. The number of epoxide rings is 1. The summed E-state index contributed by atoms with van der Waals surface area (Å²) in [6.07, 6.45) is 5.14. The lowest BCUT2D eigenvalue weighted by Gasteiger charge is -2.04. The minimum atomic E-state index is 0.135. The van der Waals surface area contributed by atoms with Crippen molar-refractivity contribution in [3.05, 3.63) is 41.5 Å². The molecule has 1 saturated heterocycles. The van der Waals surface area contributed by atoms with Crippen LogP contribution in [0.2, 0.25) is 0 Å². The molecular weight excluding hydrogens is 252 g/mol. The van der Waals surface area contributed by atoms with E-state index in [0.717, 1.165) is 18.6 Å². The second-order valence-electron chi connectivity index (χ2n) is 5.88. The summed E-state index contributed by atoms with van der Waals surface area (Å²) >= 11 is 1.92. The van der Waals surface area contributed by atoms with Gasteiger partial charge in [0.05, 0.1) is 11.7 Å². The Bertz CT molecular complexity index is 462. The normalized spacial score (nSPS) is 21.5. The molecule has 1 aromatic rings. The molecule has 1 aliphatic rings. The SMILES string of the molecule is C/C(=C\CSc1ccccc1C)CCC1OC1(C)C. The van der Waals surface area contributed by atoms with Crippen molar-refractivity contribution in [1.82, 2.24) is 0 Å². The molecule has 0 saturated carbocycles. The molecule has 104 valence electrons. The molecule has 2 heteroatoms. The van der Waals surface area contributed by atoms with Crippen LogP contribution in [0.1, 0.15) is 39.2 Å². The lowest BCUT2D eigenvalue weighted by Crippen LogP contribution is -2.02. The summed E-state index contributed by atoms with van der Waals surface area (Å²) in [5.41, 5.74) is 2.98. The molecule has 0 amide bonds. The minimum Gasteiger partial charge on any atom is -0.367 e. The van der Waals surface area contributed by atoms with Crippen LogP contribution >= 0.6 is 11.8 Å². The first kappa shape index (κ1) is 14.7. The summed E-state index contributed by atoms with van der Waals surface area (Å²) in [6.45, 7) is 8.74. The highest BCUT2D eigenvalue weighted by atomic mass is 32.2. The maximum Gasteiger partial charge on any atom is 0.0892 e. The Hall–Kier alpha value is -0.730. The molecule has 0 aromatic heterocycles. The van der Waals surface area contributed by atoms with Gasteiger partial charge in [-0.2, -0.15) is 0 Å². The van der Waals surface area contributed by atoms with E-state index in [1.165, 1.54) is 16.0 Å². The van der Waals surface area contributed by atoms with E-state index < -0.39 is 0 Å². The smallest absolute Gasteiger partial charge is 0.0892 e. The Labute approximate surface area is 121 Å². The van der Waals surface area contributed by atoms with E-state index in [4.69, 9.17) is 4.74 Å². The Morgan fingerprint density at radius 1 is 1.37 bits per heavy atom. The van der Waals surface area contributed by atoms with Gasteiger partial charge in [-0.3, -0.25) is 0 Å². The summed E-state index contributed by atoms with van der Waals surface area (Å²) in [4.78, 5) is 1.39. The van der Waals surface area contributed by atoms with E-state index in [-0.39, 0.29) is 5.60 Å². The van der Waals surface area contributed by atoms with E-state index in [1.54, 1.807) is 0 Å². The van der Waals surface area contributed by atoms with Crippen LogP contribution in [0.25, 0.3) is 0 Å². The number of thioether (sulfide) groups is 1. The number of allylic oxidation sites excluding steroid dienone is 1. The fourth-order valence-corrected chi connectivity index (χ4v) is 3.21. The van der Waals surface area contributed by atoms with Crippen LogP contribution in [0, 0.1) is 6.92 Å². The topological polar surface area (TPSA) is 12.5 Å². The van der Waals surface area contributed by atoms with Crippen molar-refractivity contribution >= 4 is 11.8 Å². The van der Waals surface area contributed by atoms with Gasteiger partial charge in [0.15, 0.2) is 0 Å². The summed E-state index contributed by atoms with van der Waals surface area (Å²) < 4.78 is 5.61. The number of ether oxygens (including phenoxy) is 1. The van der Waals surface area contributed by atoms with Crippen LogP contribution in [-0.4, -0.2) is 17.5 Å². The van der Waals surface area contributed by atoms with Crippen molar-refractivity contribution in [3.63, 3.8) is 0 Å².